The van der Waals surface area contributed by atoms with Crippen molar-refractivity contribution in [1.82, 2.24) is 0 Å². The lowest BCUT2D eigenvalue weighted by Gasteiger charge is -2.26. The van der Waals surface area contributed by atoms with Crippen LogP contribution in [-0.4, -0.2) is 28.7 Å². The number of carbonyl (C=O) groups is 2. The number of anilines is 2. The summed E-state index contributed by atoms with van der Waals surface area (Å²) in [7, 11) is 0. The molecule has 1 N–H and O–H groups in total. The van der Waals surface area contributed by atoms with E-state index in [-0.39, 0.29) is 22.9 Å². The van der Waals surface area contributed by atoms with Crippen molar-refractivity contribution in [3.63, 3.8) is 0 Å². The minimum atomic E-state index is -0.211. The van der Waals surface area contributed by atoms with Crippen LogP contribution in [0.4, 0.5) is 11.4 Å². The lowest BCUT2D eigenvalue weighted by atomic mass is 10.1. The van der Waals surface area contributed by atoms with E-state index < -0.39 is 0 Å². The van der Waals surface area contributed by atoms with E-state index in [0.717, 1.165) is 5.70 Å². The summed E-state index contributed by atoms with van der Waals surface area (Å²) < 4.78 is 0. The van der Waals surface area contributed by atoms with Crippen LogP contribution in [-0.2, 0) is 9.59 Å². The summed E-state index contributed by atoms with van der Waals surface area (Å²) >= 11 is 7.40. The number of benzene rings is 1. The fourth-order valence-corrected chi connectivity index (χ4v) is 3.76. The molecule has 1 aromatic carbocycles. The van der Waals surface area contributed by atoms with E-state index in [1.54, 1.807) is 22.7 Å². The highest BCUT2D eigenvalue weighted by molar-refractivity contribution is 8.00. The Morgan fingerprint density at radius 3 is 3.00 bits per heavy atom. The molecule has 6 heteroatoms. The highest BCUT2D eigenvalue weighted by Crippen LogP contribution is 2.42. The van der Waals surface area contributed by atoms with Crippen LogP contribution in [0.1, 0.15) is 6.92 Å². The first-order valence-corrected chi connectivity index (χ1v) is 7.85. The normalized spacial score (nSPS) is 21.2. The molecule has 0 saturated carbocycles. The molecular formula is C14H13ClN2O2S. The van der Waals surface area contributed by atoms with Crippen LogP contribution in [0.25, 0.3) is 0 Å². The Balaban J connectivity index is 2.23. The maximum atomic E-state index is 12.3. The molecule has 1 atom stereocenters. The molecule has 2 amide bonds. The summed E-state index contributed by atoms with van der Waals surface area (Å²) in [4.78, 5) is 26.2. The molecule has 2 aliphatic heterocycles. The third kappa shape index (κ3) is 2.01. The Morgan fingerprint density at radius 2 is 2.25 bits per heavy atom. The van der Waals surface area contributed by atoms with E-state index in [9.17, 15) is 9.59 Å². The summed E-state index contributed by atoms with van der Waals surface area (Å²) in [6.45, 7) is 2.00. The average molecular weight is 309 g/mol. The molecule has 3 rings (SSSR count). The van der Waals surface area contributed by atoms with Crippen molar-refractivity contribution in [2.24, 2.45) is 0 Å². The van der Waals surface area contributed by atoms with Crippen molar-refractivity contribution < 1.29 is 9.59 Å². The number of carbonyl (C=O) groups excluding carboxylic acids is 2. The first-order valence-electron chi connectivity index (χ1n) is 6.27. The zero-order valence-corrected chi connectivity index (χ0v) is 12.4. The minimum Gasteiger partial charge on any atom is -0.320 e. The highest BCUT2D eigenvalue weighted by Gasteiger charge is 2.37. The molecule has 0 aliphatic carbocycles. The van der Waals surface area contributed by atoms with Crippen LogP contribution >= 0.6 is 23.4 Å². The van der Waals surface area contributed by atoms with E-state index in [1.165, 1.54) is 0 Å². The Kier molecular flexibility index (Phi) is 3.48. The van der Waals surface area contributed by atoms with Gasteiger partial charge in [-0.2, -0.15) is 0 Å². The number of rotatable bonds is 1. The largest absolute Gasteiger partial charge is 0.320 e. The molecule has 0 aromatic heterocycles. The quantitative estimate of drug-likeness (QED) is 0.811. The number of para-hydroxylation sites is 2. The van der Waals surface area contributed by atoms with Gasteiger partial charge in [-0.25, -0.2) is 0 Å². The molecule has 2 aliphatic rings. The first-order chi connectivity index (χ1) is 9.63. The number of amides is 2. The summed E-state index contributed by atoms with van der Waals surface area (Å²) in [5, 5.41) is 2.97. The van der Waals surface area contributed by atoms with Crippen molar-refractivity contribution >= 4 is 46.6 Å². The molecule has 0 radical (unpaired) electrons. The standard InChI is InChI=1S/C14H13ClN2O2S/c1-8-13-9(7-20-8)14(19)16-10-4-2-3-5-11(10)17(13)12(18)6-15/h2-5,8H,6-7H2,1H3,(H,16,19). The van der Waals surface area contributed by atoms with Gasteiger partial charge in [0.1, 0.15) is 5.88 Å². The lowest BCUT2D eigenvalue weighted by Crippen LogP contribution is -2.34. The molecule has 1 unspecified atom stereocenters. The van der Waals surface area contributed by atoms with Crippen molar-refractivity contribution in [2.45, 2.75) is 12.2 Å². The molecule has 104 valence electrons. The summed E-state index contributed by atoms with van der Waals surface area (Å²) in [6.07, 6.45) is 0. The Morgan fingerprint density at radius 1 is 1.50 bits per heavy atom. The molecule has 20 heavy (non-hydrogen) atoms. The molecule has 4 nitrogen and oxygen atoms in total. The first kappa shape index (κ1) is 13.5. The van der Waals surface area contributed by atoms with Gasteiger partial charge in [0.05, 0.1) is 11.4 Å². The van der Waals surface area contributed by atoms with Gasteiger partial charge in [0.2, 0.25) is 5.91 Å². The van der Waals surface area contributed by atoms with Gasteiger partial charge in [0.15, 0.2) is 0 Å². The average Bonchev–Trinajstić information content (AvgIpc) is 2.77. The van der Waals surface area contributed by atoms with Gasteiger partial charge in [0.25, 0.3) is 5.91 Å². The van der Waals surface area contributed by atoms with Gasteiger partial charge in [-0.05, 0) is 19.1 Å². The predicted molar refractivity (Wildman–Crippen MR) is 82.2 cm³/mol. The zero-order valence-electron chi connectivity index (χ0n) is 10.9. The minimum absolute atomic E-state index is 0.0917. The van der Waals surface area contributed by atoms with Crippen molar-refractivity contribution in [2.75, 3.05) is 21.8 Å². The molecule has 0 saturated heterocycles. The number of thioether (sulfide) groups is 1. The second-order valence-corrected chi connectivity index (χ2v) is 6.25. The summed E-state index contributed by atoms with van der Waals surface area (Å²) in [5.41, 5.74) is 2.76. The van der Waals surface area contributed by atoms with E-state index >= 15 is 0 Å². The van der Waals surface area contributed by atoms with Crippen LogP contribution in [0.5, 0.6) is 0 Å². The Labute approximate surface area is 126 Å². The molecule has 0 bridgehead atoms. The van der Waals surface area contributed by atoms with Crippen LogP contribution in [0, 0.1) is 0 Å². The van der Waals surface area contributed by atoms with Crippen LogP contribution in [0.15, 0.2) is 35.5 Å². The Bertz CT molecular complexity index is 629. The zero-order chi connectivity index (χ0) is 14.3. The van der Waals surface area contributed by atoms with Crippen LogP contribution < -0.4 is 10.2 Å². The molecular weight excluding hydrogens is 296 g/mol. The number of nitrogens with one attached hydrogen (secondary N) is 1. The SMILES string of the molecule is CC1SCC2=C1N(C(=O)CCl)c1ccccc1NC2=O. The van der Waals surface area contributed by atoms with E-state index in [1.807, 2.05) is 25.1 Å². The third-order valence-corrected chi connectivity index (χ3v) is 4.85. The number of nitrogens with zero attached hydrogens (tertiary/aromatic N) is 1. The van der Waals surface area contributed by atoms with Gasteiger partial charge in [-0.1, -0.05) is 12.1 Å². The van der Waals surface area contributed by atoms with Crippen LogP contribution in [0.2, 0.25) is 0 Å². The van der Waals surface area contributed by atoms with Crippen LogP contribution in [0.3, 0.4) is 0 Å². The summed E-state index contributed by atoms with van der Waals surface area (Å²) in [6, 6.07) is 7.29. The Hall–Kier alpha value is -1.46. The molecule has 0 fully saturated rings. The number of alkyl halides is 1. The summed E-state index contributed by atoms with van der Waals surface area (Å²) in [5.74, 6) is 0.158. The van der Waals surface area contributed by atoms with E-state index in [2.05, 4.69) is 5.32 Å². The number of hydrogen-bond acceptors (Lipinski definition) is 3. The van der Waals surface area contributed by atoms with Gasteiger partial charge in [0, 0.05) is 22.3 Å². The van der Waals surface area contributed by atoms with E-state index in [4.69, 9.17) is 11.6 Å². The topological polar surface area (TPSA) is 49.4 Å². The second-order valence-electron chi connectivity index (χ2n) is 4.65. The van der Waals surface area contributed by atoms with Crippen molar-refractivity contribution in [3.05, 3.63) is 35.5 Å². The molecule has 2 heterocycles. The number of halogens is 1. The number of hydrogen-bond donors (Lipinski definition) is 1. The van der Waals surface area contributed by atoms with Gasteiger partial charge in [-0.15, -0.1) is 23.4 Å². The second kappa shape index (κ2) is 5.14. The van der Waals surface area contributed by atoms with Crippen molar-refractivity contribution in [3.8, 4) is 0 Å². The fourth-order valence-electron chi connectivity index (χ4n) is 2.54. The van der Waals surface area contributed by atoms with E-state index in [0.29, 0.717) is 22.7 Å². The van der Waals surface area contributed by atoms with Gasteiger partial charge >= 0.3 is 0 Å². The predicted octanol–water partition coefficient (Wildman–Crippen LogP) is 2.60. The lowest BCUT2D eigenvalue weighted by molar-refractivity contribution is -0.115. The maximum absolute atomic E-state index is 12.3. The highest BCUT2D eigenvalue weighted by atomic mass is 35.5. The maximum Gasteiger partial charge on any atom is 0.254 e. The molecule has 1 aromatic rings. The number of fused-ring (bicyclic) bond motifs is 1. The third-order valence-electron chi connectivity index (χ3n) is 3.44. The fraction of sp³-hybridized carbons (Fsp3) is 0.286. The van der Waals surface area contributed by atoms with Crippen molar-refractivity contribution in [1.29, 1.82) is 0 Å². The van der Waals surface area contributed by atoms with Gasteiger partial charge < -0.3 is 5.32 Å². The monoisotopic (exact) mass is 308 g/mol. The molecule has 0 spiro atoms. The van der Waals surface area contributed by atoms with Gasteiger partial charge in [-0.3, -0.25) is 14.5 Å². The smallest absolute Gasteiger partial charge is 0.254 e.